The van der Waals surface area contributed by atoms with E-state index in [9.17, 15) is 9.59 Å². The lowest BCUT2D eigenvalue weighted by Gasteiger charge is -2.27. The van der Waals surface area contributed by atoms with E-state index in [4.69, 9.17) is 5.11 Å². The van der Waals surface area contributed by atoms with Gasteiger partial charge in [-0.2, -0.15) is 0 Å². The van der Waals surface area contributed by atoms with Gasteiger partial charge in [-0.25, -0.2) is 0 Å². The van der Waals surface area contributed by atoms with Crippen LogP contribution in [0.5, 0.6) is 0 Å². The minimum Gasteiger partial charge on any atom is -0.481 e. The highest BCUT2D eigenvalue weighted by atomic mass is 35.5. The molecule has 0 unspecified atom stereocenters. The first-order valence-electron chi connectivity index (χ1n) is 9.95. The highest BCUT2D eigenvalue weighted by molar-refractivity contribution is 5.92. The number of carboxylic acids is 1. The summed E-state index contributed by atoms with van der Waals surface area (Å²) in [7, 11) is 0. The number of anilines is 1. The molecule has 2 fully saturated rings. The van der Waals surface area contributed by atoms with Crippen molar-refractivity contribution < 1.29 is 14.7 Å². The number of nitrogens with one attached hydrogen (secondary N) is 2. The molecule has 1 aromatic carbocycles. The van der Waals surface area contributed by atoms with Crippen molar-refractivity contribution in [2.45, 2.75) is 57.3 Å². The predicted molar refractivity (Wildman–Crippen MR) is 109 cm³/mol. The van der Waals surface area contributed by atoms with Crippen LogP contribution in [0.3, 0.4) is 0 Å². The lowest BCUT2D eigenvalue weighted by molar-refractivity contribution is -0.137. The third-order valence-electron chi connectivity index (χ3n) is 5.97. The number of rotatable bonds is 6. The van der Waals surface area contributed by atoms with Gasteiger partial charge < -0.3 is 15.7 Å². The second-order valence-corrected chi connectivity index (χ2v) is 7.79. The molecule has 6 heteroatoms. The third kappa shape index (κ3) is 6.51. The van der Waals surface area contributed by atoms with Gasteiger partial charge in [0.15, 0.2) is 0 Å². The van der Waals surface area contributed by atoms with Gasteiger partial charge in [0.25, 0.3) is 0 Å². The SMILES string of the molecule is Cl.O=C(O)CCC1CCC(C(=O)Nc2ccc(C3CCNCC3)cc2)CC1. The minimum absolute atomic E-state index is 0. The number of benzene rings is 1. The zero-order valence-corrected chi connectivity index (χ0v) is 16.6. The van der Waals surface area contributed by atoms with Gasteiger partial charge in [-0.15, -0.1) is 12.4 Å². The maximum absolute atomic E-state index is 12.5. The van der Waals surface area contributed by atoms with Crippen LogP contribution in [0, 0.1) is 11.8 Å². The molecule has 3 N–H and O–H groups in total. The standard InChI is InChI=1S/C21H30N2O3.ClH/c24-20(25)10-3-15-1-4-18(5-2-15)21(26)23-19-8-6-16(7-9-19)17-11-13-22-14-12-17;/h6-9,15,17-18,22H,1-5,10-14H2,(H,23,26)(H,24,25);1H. The van der Waals surface area contributed by atoms with E-state index in [1.165, 1.54) is 18.4 Å². The monoisotopic (exact) mass is 394 g/mol. The molecule has 1 heterocycles. The van der Waals surface area contributed by atoms with E-state index in [1.807, 2.05) is 12.1 Å². The molecule has 0 radical (unpaired) electrons. The molecule has 1 saturated heterocycles. The molecule has 1 aliphatic heterocycles. The normalized spacial score (nSPS) is 23.3. The van der Waals surface area contributed by atoms with Gasteiger partial charge in [0.2, 0.25) is 5.91 Å². The molecule has 0 bridgehead atoms. The molecule has 1 aromatic rings. The Morgan fingerprint density at radius 1 is 1.00 bits per heavy atom. The van der Waals surface area contributed by atoms with Crippen LogP contribution in [0.4, 0.5) is 5.69 Å². The number of piperidine rings is 1. The quantitative estimate of drug-likeness (QED) is 0.676. The summed E-state index contributed by atoms with van der Waals surface area (Å²) in [6.45, 7) is 2.16. The third-order valence-corrected chi connectivity index (χ3v) is 5.97. The highest BCUT2D eigenvalue weighted by Gasteiger charge is 2.26. The summed E-state index contributed by atoms with van der Waals surface area (Å²) < 4.78 is 0. The summed E-state index contributed by atoms with van der Waals surface area (Å²) in [5.74, 6) is 0.524. The van der Waals surface area contributed by atoms with Crippen molar-refractivity contribution >= 4 is 30.0 Å². The molecule has 0 aromatic heterocycles. The average Bonchev–Trinajstić information content (AvgIpc) is 2.68. The molecule has 3 rings (SSSR count). The van der Waals surface area contributed by atoms with Crippen molar-refractivity contribution in [3.05, 3.63) is 29.8 Å². The number of halogens is 1. The van der Waals surface area contributed by atoms with E-state index in [2.05, 4.69) is 22.8 Å². The number of carboxylic acid groups (broad SMARTS) is 1. The molecule has 1 saturated carbocycles. The van der Waals surface area contributed by atoms with Gasteiger partial charge in [-0.1, -0.05) is 12.1 Å². The molecule has 1 aliphatic carbocycles. The first-order valence-corrected chi connectivity index (χ1v) is 9.95. The average molecular weight is 395 g/mol. The number of hydrogen-bond acceptors (Lipinski definition) is 3. The summed E-state index contributed by atoms with van der Waals surface area (Å²) in [5.41, 5.74) is 2.24. The fourth-order valence-electron chi connectivity index (χ4n) is 4.28. The van der Waals surface area contributed by atoms with Gasteiger partial charge in [-0.3, -0.25) is 9.59 Å². The maximum atomic E-state index is 12.5. The fourth-order valence-corrected chi connectivity index (χ4v) is 4.28. The number of amides is 1. The van der Waals surface area contributed by atoms with Gasteiger partial charge >= 0.3 is 5.97 Å². The summed E-state index contributed by atoms with van der Waals surface area (Å²) in [6, 6.07) is 8.34. The van der Waals surface area contributed by atoms with Crippen LogP contribution in [0.2, 0.25) is 0 Å². The summed E-state index contributed by atoms with van der Waals surface area (Å²) in [4.78, 5) is 23.2. The van der Waals surface area contributed by atoms with Crippen LogP contribution in [-0.4, -0.2) is 30.1 Å². The molecule has 1 amide bonds. The van der Waals surface area contributed by atoms with Crippen molar-refractivity contribution in [3.63, 3.8) is 0 Å². The van der Waals surface area contributed by atoms with Crippen LogP contribution >= 0.6 is 12.4 Å². The van der Waals surface area contributed by atoms with Gasteiger partial charge in [-0.05, 0) is 87.6 Å². The van der Waals surface area contributed by atoms with E-state index in [-0.39, 0.29) is 30.7 Å². The smallest absolute Gasteiger partial charge is 0.303 e. The van der Waals surface area contributed by atoms with E-state index >= 15 is 0 Å². The van der Waals surface area contributed by atoms with E-state index in [0.29, 0.717) is 11.8 Å². The molecule has 150 valence electrons. The molecule has 0 spiro atoms. The summed E-state index contributed by atoms with van der Waals surface area (Å²) in [5, 5.41) is 15.2. The Morgan fingerprint density at radius 2 is 1.63 bits per heavy atom. The lowest BCUT2D eigenvalue weighted by atomic mass is 9.79. The van der Waals surface area contributed by atoms with Crippen molar-refractivity contribution in [2.24, 2.45) is 11.8 Å². The van der Waals surface area contributed by atoms with Crippen LogP contribution in [-0.2, 0) is 9.59 Å². The van der Waals surface area contributed by atoms with Crippen LogP contribution < -0.4 is 10.6 Å². The lowest BCUT2D eigenvalue weighted by Crippen LogP contribution is -2.27. The van der Waals surface area contributed by atoms with Crippen molar-refractivity contribution in [3.8, 4) is 0 Å². The largest absolute Gasteiger partial charge is 0.481 e. The Morgan fingerprint density at radius 3 is 2.22 bits per heavy atom. The Kier molecular flexibility index (Phi) is 8.58. The second kappa shape index (κ2) is 10.7. The number of carbonyl (C=O) groups is 2. The minimum atomic E-state index is -0.724. The maximum Gasteiger partial charge on any atom is 0.303 e. The predicted octanol–water partition coefficient (Wildman–Crippen LogP) is 4.19. The molecule has 2 aliphatic rings. The number of hydrogen-bond donors (Lipinski definition) is 3. The summed E-state index contributed by atoms with van der Waals surface area (Å²) >= 11 is 0. The second-order valence-electron chi connectivity index (χ2n) is 7.79. The number of carbonyl (C=O) groups excluding carboxylic acids is 1. The fraction of sp³-hybridized carbons (Fsp3) is 0.619. The van der Waals surface area contributed by atoms with Crippen molar-refractivity contribution in [2.75, 3.05) is 18.4 Å². The van der Waals surface area contributed by atoms with Crippen molar-refractivity contribution in [1.29, 1.82) is 0 Å². The Labute approximate surface area is 167 Å². The van der Waals surface area contributed by atoms with E-state index < -0.39 is 5.97 Å². The Hall–Kier alpha value is -1.59. The van der Waals surface area contributed by atoms with E-state index in [0.717, 1.165) is 50.9 Å². The van der Waals surface area contributed by atoms with Crippen molar-refractivity contribution in [1.82, 2.24) is 5.32 Å². The van der Waals surface area contributed by atoms with E-state index in [1.54, 1.807) is 0 Å². The molecule has 27 heavy (non-hydrogen) atoms. The molecule has 0 atom stereocenters. The summed E-state index contributed by atoms with van der Waals surface area (Å²) in [6.07, 6.45) is 6.98. The Balaban J connectivity index is 0.00000261. The Bertz CT molecular complexity index is 606. The zero-order valence-electron chi connectivity index (χ0n) is 15.8. The van der Waals surface area contributed by atoms with Crippen LogP contribution in [0.15, 0.2) is 24.3 Å². The molecular weight excluding hydrogens is 364 g/mol. The first kappa shape index (κ1) is 21.7. The highest BCUT2D eigenvalue weighted by Crippen LogP contribution is 2.32. The number of aliphatic carboxylic acids is 1. The van der Waals surface area contributed by atoms with Crippen LogP contribution in [0.25, 0.3) is 0 Å². The zero-order chi connectivity index (χ0) is 18.4. The van der Waals surface area contributed by atoms with Gasteiger partial charge in [0.1, 0.15) is 0 Å². The molecule has 5 nitrogen and oxygen atoms in total. The van der Waals surface area contributed by atoms with Gasteiger partial charge in [0, 0.05) is 18.0 Å². The topological polar surface area (TPSA) is 78.4 Å². The first-order chi connectivity index (χ1) is 12.6. The van der Waals surface area contributed by atoms with Gasteiger partial charge in [0.05, 0.1) is 0 Å². The molecular formula is C21H31ClN2O3. The van der Waals surface area contributed by atoms with Crippen LogP contribution in [0.1, 0.15) is 62.8 Å².